The number of aromatic nitrogens is 2. The highest BCUT2D eigenvalue weighted by Gasteiger charge is 2.12. The lowest BCUT2D eigenvalue weighted by Gasteiger charge is -2.09. The van der Waals surface area contributed by atoms with Crippen molar-refractivity contribution >= 4 is 16.9 Å². The van der Waals surface area contributed by atoms with E-state index in [4.69, 9.17) is 5.11 Å². The second-order valence-corrected chi connectivity index (χ2v) is 4.54. The van der Waals surface area contributed by atoms with E-state index in [1.165, 1.54) is 6.07 Å². The number of carboxylic acids is 1. The van der Waals surface area contributed by atoms with Crippen LogP contribution in [-0.2, 0) is 0 Å². The van der Waals surface area contributed by atoms with E-state index in [1.807, 2.05) is 37.3 Å². The first-order chi connectivity index (χ1) is 9.66. The molecule has 0 saturated carbocycles. The summed E-state index contributed by atoms with van der Waals surface area (Å²) in [7, 11) is 0. The number of carbonyl (C=O) groups is 1. The van der Waals surface area contributed by atoms with Gasteiger partial charge in [0.1, 0.15) is 5.69 Å². The Kier molecular flexibility index (Phi) is 2.91. The van der Waals surface area contributed by atoms with Crippen LogP contribution in [0.1, 0.15) is 16.1 Å². The Bertz CT molecular complexity index is 807. The molecule has 0 aliphatic rings. The van der Waals surface area contributed by atoms with Gasteiger partial charge in [-0.05, 0) is 30.7 Å². The molecule has 0 aliphatic carbocycles. The van der Waals surface area contributed by atoms with Crippen molar-refractivity contribution in [2.45, 2.75) is 6.92 Å². The van der Waals surface area contributed by atoms with Crippen LogP contribution in [0.3, 0.4) is 0 Å². The minimum absolute atomic E-state index is 0.0477. The molecule has 2 heterocycles. The number of aryl methyl sites for hydroxylation is 1. The van der Waals surface area contributed by atoms with E-state index in [-0.39, 0.29) is 5.69 Å². The molecular weight excluding hydrogens is 252 g/mol. The number of hydrogen-bond acceptors (Lipinski definition) is 3. The predicted molar refractivity (Wildman–Crippen MR) is 76.7 cm³/mol. The summed E-state index contributed by atoms with van der Waals surface area (Å²) in [4.78, 5) is 19.7. The van der Waals surface area contributed by atoms with Crippen molar-refractivity contribution in [3.8, 4) is 11.3 Å². The highest BCUT2D eigenvalue weighted by atomic mass is 16.4. The summed E-state index contributed by atoms with van der Waals surface area (Å²) in [6.45, 7) is 1.92. The van der Waals surface area contributed by atoms with Crippen LogP contribution in [0.5, 0.6) is 0 Å². The summed E-state index contributed by atoms with van der Waals surface area (Å²) < 4.78 is 0. The SMILES string of the molecule is Cc1ccc(C(=O)O)nc1-c1cccc2ncccc12. The van der Waals surface area contributed by atoms with Crippen molar-refractivity contribution in [1.82, 2.24) is 9.97 Å². The maximum absolute atomic E-state index is 11.1. The third kappa shape index (κ3) is 2.01. The molecule has 0 bridgehead atoms. The lowest BCUT2D eigenvalue weighted by molar-refractivity contribution is 0.0690. The Morgan fingerprint density at radius 2 is 1.95 bits per heavy atom. The van der Waals surface area contributed by atoms with E-state index in [2.05, 4.69) is 9.97 Å². The quantitative estimate of drug-likeness (QED) is 0.771. The number of fused-ring (bicyclic) bond motifs is 1. The summed E-state index contributed by atoms with van der Waals surface area (Å²) in [5.74, 6) is -1.02. The van der Waals surface area contributed by atoms with E-state index >= 15 is 0 Å². The molecule has 1 N–H and O–H groups in total. The second kappa shape index (κ2) is 4.74. The Morgan fingerprint density at radius 3 is 2.75 bits per heavy atom. The van der Waals surface area contributed by atoms with Crippen LogP contribution in [0.25, 0.3) is 22.2 Å². The Morgan fingerprint density at radius 1 is 1.10 bits per heavy atom. The van der Waals surface area contributed by atoms with Gasteiger partial charge in [-0.1, -0.05) is 24.3 Å². The molecule has 0 amide bonds. The van der Waals surface area contributed by atoms with Gasteiger partial charge in [-0.25, -0.2) is 9.78 Å². The van der Waals surface area contributed by atoms with Crippen LogP contribution < -0.4 is 0 Å². The number of aromatic carboxylic acids is 1. The monoisotopic (exact) mass is 264 g/mol. The Labute approximate surface area is 115 Å². The van der Waals surface area contributed by atoms with Crippen LogP contribution in [0.2, 0.25) is 0 Å². The van der Waals surface area contributed by atoms with Gasteiger partial charge in [-0.2, -0.15) is 0 Å². The maximum atomic E-state index is 11.1. The van der Waals surface area contributed by atoms with E-state index in [0.717, 1.165) is 22.0 Å². The first-order valence-electron chi connectivity index (χ1n) is 6.22. The summed E-state index contributed by atoms with van der Waals surface area (Å²) in [6.07, 6.45) is 1.74. The van der Waals surface area contributed by atoms with Crippen molar-refractivity contribution in [3.63, 3.8) is 0 Å². The molecule has 0 spiro atoms. The molecule has 4 heteroatoms. The van der Waals surface area contributed by atoms with Gasteiger partial charge in [0.15, 0.2) is 0 Å². The average Bonchev–Trinajstić information content (AvgIpc) is 2.47. The number of nitrogens with zero attached hydrogens (tertiary/aromatic N) is 2. The number of carboxylic acid groups (broad SMARTS) is 1. The summed E-state index contributed by atoms with van der Waals surface area (Å²) >= 11 is 0. The highest BCUT2D eigenvalue weighted by molar-refractivity contribution is 5.95. The van der Waals surface area contributed by atoms with Gasteiger partial charge in [0, 0.05) is 17.1 Å². The molecule has 0 saturated heterocycles. The largest absolute Gasteiger partial charge is 0.477 e. The van der Waals surface area contributed by atoms with E-state index in [1.54, 1.807) is 12.3 Å². The molecule has 3 rings (SSSR count). The van der Waals surface area contributed by atoms with E-state index < -0.39 is 5.97 Å². The molecule has 0 aliphatic heterocycles. The normalized spacial score (nSPS) is 10.7. The van der Waals surface area contributed by atoms with Crippen molar-refractivity contribution < 1.29 is 9.90 Å². The van der Waals surface area contributed by atoms with Crippen LogP contribution in [-0.4, -0.2) is 21.0 Å². The molecule has 0 fully saturated rings. The predicted octanol–water partition coefficient (Wildman–Crippen LogP) is 3.30. The molecule has 1 aromatic carbocycles. The van der Waals surface area contributed by atoms with Gasteiger partial charge in [-0.15, -0.1) is 0 Å². The second-order valence-electron chi connectivity index (χ2n) is 4.54. The van der Waals surface area contributed by atoms with Crippen molar-refractivity contribution in [3.05, 3.63) is 59.9 Å². The Balaban J connectivity index is 2.30. The molecule has 98 valence electrons. The standard InChI is InChI=1S/C16H12N2O2/c1-10-7-8-14(16(19)20)18-15(10)12-4-2-6-13-11(12)5-3-9-17-13/h2-9H,1H3,(H,19,20). The highest BCUT2D eigenvalue weighted by Crippen LogP contribution is 2.28. The van der Waals surface area contributed by atoms with Gasteiger partial charge in [0.05, 0.1) is 11.2 Å². The fourth-order valence-corrected chi connectivity index (χ4v) is 2.23. The van der Waals surface area contributed by atoms with Crippen LogP contribution in [0.4, 0.5) is 0 Å². The number of rotatable bonds is 2. The topological polar surface area (TPSA) is 63.1 Å². The molecule has 0 atom stereocenters. The molecule has 3 aromatic rings. The summed E-state index contributed by atoms with van der Waals surface area (Å²) in [5, 5.41) is 10.1. The third-order valence-electron chi connectivity index (χ3n) is 3.22. The first-order valence-corrected chi connectivity index (χ1v) is 6.22. The van der Waals surface area contributed by atoms with Crippen molar-refractivity contribution in [1.29, 1.82) is 0 Å². The Hall–Kier alpha value is -2.75. The molecule has 0 unspecified atom stereocenters. The van der Waals surface area contributed by atoms with Crippen molar-refractivity contribution in [2.24, 2.45) is 0 Å². The number of pyridine rings is 2. The van der Waals surface area contributed by atoms with Gasteiger partial charge in [0.25, 0.3) is 0 Å². The van der Waals surface area contributed by atoms with Crippen LogP contribution >= 0.6 is 0 Å². The number of hydrogen-bond donors (Lipinski definition) is 1. The maximum Gasteiger partial charge on any atom is 0.354 e. The minimum atomic E-state index is -1.02. The third-order valence-corrected chi connectivity index (χ3v) is 3.22. The van der Waals surface area contributed by atoms with E-state index in [9.17, 15) is 4.79 Å². The zero-order valence-electron chi connectivity index (χ0n) is 10.9. The fraction of sp³-hybridized carbons (Fsp3) is 0.0625. The number of benzene rings is 1. The average molecular weight is 264 g/mol. The molecule has 20 heavy (non-hydrogen) atoms. The zero-order valence-corrected chi connectivity index (χ0v) is 10.9. The van der Waals surface area contributed by atoms with Crippen molar-refractivity contribution in [2.75, 3.05) is 0 Å². The molecule has 0 radical (unpaired) electrons. The molecule has 2 aromatic heterocycles. The van der Waals surface area contributed by atoms with Gasteiger partial charge >= 0.3 is 5.97 Å². The van der Waals surface area contributed by atoms with Gasteiger partial charge in [-0.3, -0.25) is 4.98 Å². The summed E-state index contributed by atoms with van der Waals surface area (Å²) in [5.41, 5.74) is 3.43. The smallest absolute Gasteiger partial charge is 0.354 e. The summed E-state index contributed by atoms with van der Waals surface area (Å²) in [6, 6.07) is 12.9. The lowest BCUT2D eigenvalue weighted by atomic mass is 10.0. The fourth-order valence-electron chi connectivity index (χ4n) is 2.23. The zero-order chi connectivity index (χ0) is 14.1. The van der Waals surface area contributed by atoms with Gasteiger partial charge in [0.2, 0.25) is 0 Å². The van der Waals surface area contributed by atoms with Crippen LogP contribution in [0.15, 0.2) is 48.7 Å². The molecular formula is C16H12N2O2. The van der Waals surface area contributed by atoms with Gasteiger partial charge < -0.3 is 5.11 Å². The van der Waals surface area contributed by atoms with Crippen LogP contribution in [0, 0.1) is 6.92 Å². The lowest BCUT2D eigenvalue weighted by Crippen LogP contribution is -2.02. The first kappa shape index (κ1) is 12.3. The van der Waals surface area contributed by atoms with E-state index in [0.29, 0.717) is 5.69 Å². The minimum Gasteiger partial charge on any atom is -0.477 e. The molecule has 4 nitrogen and oxygen atoms in total.